The predicted molar refractivity (Wildman–Crippen MR) is 52.3 cm³/mol. The highest BCUT2D eigenvalue weighted by atomic mass is 16.6. The number of nitro benzene ring substituents is 1. The summed E-state index contributed by atoms with van der Waals surface area (Å²) in [6.45, 7) is 1.91. The van der Waals surface area contributed by atoms with Gasteiger partial charge in [0.1, 0.15) is 5.75 Å². The number of nitrogens with zero attached hydrogens (tertiary/aromatic N) is 1. The van der Waals surface area contributed by atoms with Crippen LogP contribution in [0, 0.1) is 17.0 Å². The number of nitro groups is 1. The molecule has 0 radical (unpaired) electrons. The first-order valence-corrected chi connectivity index (χ1v) is 4.12. The maximum Gasteiger partial charge on any atom is 0.276 e. The van der Waals surface area contributed by atoms with E-state index in [9.17, 15) is 10.1 Å². The van der Waals surface area contributed by atoms with Crippen LogP contribution in [0.3, 0.4) is 0 Å². The molecule has 0 fully saturated rings. The normalized spacial score (nSPS) is 9.93. The maximum atomic E-state index is 10.7. The van der Waals surface area contributed by atoms with Gasteiger partial charge in [0.25, 0.3) is 5.69 Å². The van der Waals surface area contributed by atoms with E-state index in [2.05, 4.69) is 0 Å². The molecule has 0 unspecified atom stereocenters. The fourth-order valence-corrected chi connectivity index (χ4v) is 1.25. The monoisotopic (exact) mass is 196 g/mol. The van der Waals surface area contributed by atoms with E-state index in [1.165, 1.54) is 13.2 Å². The summed E-state index contributed by atoms with van der Waals surface area (Å²) >= 11 is 0. The van der Waals surface area contributed by atoms with Crippen LogP contribution in [0.2, 0.25) is 0 Å². The SMILES string of the molecule is COc1cc(CN)cc([N+](=O)[O-])c1C. The van der Waals surface area contributed by atoms with Crippen LogP contribution in [0.25, 0.3) is 0 Å². The molecule has 0 heterocycles. The molecular formula is C9H12N2O3. The zero-order valence-corrected chi connectivity index (χ0v) is 8.11. The minimum atomic E-state index is -0.434. The Morgan fingerprint density at radius 1 is 1.57 bits per heavy atom. The van der Waals surface area contributed by atoms with Crippen molar-refractivity contribution in [2.75, 3.05) is 7.11 Å². The van der Waals surface area contributed by atoms with Crippen molar-refractivity contribution < 1.29 is 9.66 Å². The van der Waals surface area contributed by atoms with E-state index in [0.717, 1.165) is 0 Å². The zero-order chi connectivity index (χ0) is 10.7. The van der Waals surface area contributed by atoms with Crippen LogP contribution in [0.15, 0.2) is 12.1 Å². The van der Waals surface area contributed by atoms with Gasteiger partial charge in [0.05, 0.1) is 17.6 Å². The summed E-state index contributed by atoms with van der Waals surface area (Å²) in [5, 5.41) is 10.7. The van der Waals surface area contributed by atoms with Crippen molar-refractivity contribution in [3.05, 3.63) is 33.4 Å². The van der Waals surface area contributed by atoms with Gasteiger partial charge in [-0.3, -0.25) is 10.1 Å². The lowest BCUT2D eigenvalue weighted by Gasteiger charge is -2.07. The molecule has 5 nitrogen and oxygen atoms in total. The first-order valence-electron chi connectivity index (χ1n) is 4.12. The van der Waals surface area contributed by atoms with Gasteiger partial charge in [0.2, 0.25) is 0 Å². The minimum Gasteiger partial charge on any atom is -0.496 e. The van der Waals surface area contributed by atoms with Crippen molar-refractivity contribution in [1.82, 2.24) is 0 Å². The van der Waals surface area contributed by atoms with E-state index in [4.69, 9.17) is 10.5 Å². The van der Waals surface area contributed by atoms with Gasteiger partial charge in [-0.2, -0.15) is 0 Å². The number of rotatable bonds is 3. The van der Waals surface area contributed by atoms with Crippen molar-refractivity contribution in [2.24, 2.45) is 5.73 Å². The Bertz CT molecular complexity index is 363. The van der Waals surface area contributed by atoms with Crippen molar-refractivity contribution >= 4 is 5.69 Å². The van der Waals surface area contributed by atoms with Crippen LogP contribution >= 0.6 is 0 Å². The molecule has 1 rings (SSSR count). The molecule has 0 amide bonds. The summed E-state index contributed by atoms with van der Waals surface area (Å²) in [6.07, 6.45) is 0. The highest BCUT2D eigenvalue weighted by molar-refractivity contribution is 5.51. The lowest BCUT2D eigenvalue weighted by molar-refractivity contribution is -0.385. The van der Waals surface area contributed by atoms with E-state index >= 15 is 0 Å². The van der Waals surface area contributed by atoms with E-state index < -0.39 is 4.92 Å². The molecule has 0 atom stereocenters. The van der Waals surface area contributed by atoms with Crippen LogP contribution in [-0.4, -0.2) is 12.0 Å². The van der Waals surface area contributed by atoms with Gasteiger partial charge >= 0.3 is 0 Å². The summed E-state index contributed by atoms with van der Waals surface area (Å²) in [7, 11) is 1.48. The third-order valence-electron chi connectivity index (χ3n) is 2.04. The van der Waals surface area contributed by atoms with Gasteiger partial charge in [-0.1, -0.05) is 0 Å². The second-order valence-electron chi connectivity index (χ2n) is 2.90. The highest BCUT2D eigenvalue weighted by Crippen LogP contribution is 2.28. The molecule has 2 N–H and O–H groups in total. The lowest BCUT2D eigenvalue weighted by Crippen LogP contribution is -2.01. The summed E-state index contributed by atoms with van der Waals surface area (Å²) in [5.74, 6) is 0.500. The summed E-state index contributed by atoms with van der Waals surface area (Å²) in [5.41, 5.74) is 6.68. The Hall–Kier alpha value is -1.62. The summed E-state index contributed by atoms with van der Waals surface area (Å²) < 4.78 is 5.02. The largest absolute Gasteiger partial charge is 0.496 e. The number of hydrogen-bond donors (Lipinski definition) is 1. The van der Waals surface area contributed by atoms with Crippen LogP contribution < -0.4 is 10.5 Å². The van der Waals surface area contributed by atoms with Gasteiger partial charge in [0, 0.05) is 12.6 Å². The third-order valence-corrected chi connectivity index (χ3v) is 2.04. The van der Waals surface area contributed by atoms with Gasteiger partial charge in [-0.15, -0.1) is 0 Å². The molecule has 0 spiro atoms. The minimum absolute atomic E-state index is 0.0461. The zero-order valence-electron chi connectivity index (χ0n) is 8.11. The number of methoxy groups -OCH3 is 1. The number of nitrogens with two attached hydrogens (primary N) is 1. The van der Waals surface area contributed by atoms with E-state index in [0.29, 0.717) is 16.9 Å². The topological polar surface area (TPSA) is 78.4 Å². The molecule has 0 aliphatic carbocycles. The number of benzene rings is 1. The molecule has 0 aliphatic heterocycles. The molecule has 1 aromatic rings. The Balaban J connectivity index is 3.34. The van der Waals surface area contributed by atoms with Gasteiger partial charge in [-0.25, -0.2) is 0 Å². The molecule has 1 aromatic carbocycles. The van der Waals surface area contributed by atoms with E-state index in [1.54, 1.807) is 13.0 Å². The first kappa shape index (κ1) is 10.5. The van der Waals surface area contributed by atoms with Crippen LogP contribution in [0.5, 0.6) is 5.75 Å². The van der Waals surface area contributed by atoms with Gasteiger partial charge in [0.15, 0.2) is 0 Å². The second kappa shape index (κ2) is 4.06. The lowest BCUT2D eigenvalue weighted by atomic mass is 10.1. The average Bonchev–Trinajstić information content (AvgIpc) is 2.17. The third kappa shape index (κ3) is 1.82. The quantitative estimate of drug-likeness (QED) is 0.585. The second-order valence-corrected chi connectivity index (χ2v) is 2.90. The first-order chi connectivity index (χ1) is 6.60. The molecule has 0 saturated carbocycles. The fraction of sp³-hybridized carbons (Fsp3) is 0.333. The summed E-state index contributed by atoms with van der Waals surface area (Å²) in [4.78, 5) is 10.2. The maximum absolute atomic E-state index is 10.7. The van der Waals surface area contributed by atoms with Crippen molar-refractivity contribution in [1.29, 1.82) is 0 Å². The highest BCUT2D eigenvalue weighted by Gasteiger charge is 2.15. The standard InChI is InChI=1S/C9H12N2O3/c1-6-8(11(12)13)3-7(5-10)4-9(6)14-2/h3-4H,5,10H2,1-2H3. The molecule has 0 saturated heterocycles. The van der Waals surface area contributed by atoms with Crippen LogP contribution in [0.4, 0.5) is 5.69 Å². The van der Waals surface area contributed by atoms with Crippen LogP contribution in [0.1, 0.15) is 11.1 Å². The van der Waals surface area contributed by atoms with Crippen molar-refractivity contribution in [3.8, 4) is 5.75 Å². The van der Waals surface area contributed by atoms with Gasteiger partial charge < -0.3 is 10.5 Å². The van der Waals surface area contributed by atoms with Crippen molar-refractivity contribution in [2.45, 2.75) is 13.5 Å². The molecule has 0 bridgehead atoms. The Morgan fingerprint density at radius 3 is 2.64 bits per heavy atom. The predicted octanol–water partition coefficient (Wildman–Crippen LogP) is 1.37. The Labute approximate surface area is 81.6 Å². The molecule has 14 heavy (non-hydrogen) atoms. The smallest absolute Gasteiger partial charge is 0.276 e. The fourth-order valence-electron chi connectivity index (χ4n) is 1.25. The van der Waals surface area contributed by atoms with Crippen LogP contribution in [-0.2, 0) is 6.54 Å². The number of hydrogen-bond acceptors (Lipinski definition) is 4. The van der Waals surface area contributed by atoms with E-state index in [-0.39, 0.29) is 12.2 Å². The average molecular weight is 196 g/mol. The molecular weight excluding hydrogens is 184 g/mol. The molecule has 5 heteroatoms. The molecule has 0 aliphatic rings. The molecule has 0 aromatic heterocycles. The Morgan fingerprint density at radius 2 is 2.21 bits per heavy atom. The molecule has 76 valence electrons. The number of ether oxygens (including phenoxy) is 1. The van der Waals surface area contributed by atoms with E-state index in [1.807, 2.05) is 0 Å². The van der Waals surface area contributed by atoms with Gasteiger partial charge in [-0.05, 0) is 18.6 Å². The summed E-state index contributed by atoms with van der Waals surface area (Å²) in [6, 6.07) is 3.18. The Kier molecular flexibility index (Phi) is 3.03. The van der Waals surface area contributed by atoms with Crippen molar-refractivity contribution in [3.63, 3.8) is 0 Å².